The van der Waals surface area contributed by atoms with E-state index in [9.17, 15) is 8.42 Å². The molecule has 25 heavy (non-hydrogen) atoms. The molecule has 2 aromatic rings. The Morgan fingerprint density at radius 1 is 1.20 bits per heavy atom. The SMILES string of the molecule is CCOc1c(Cl)cc(/C=N/NS(=O)(=O)c2ccc(Cl)cc2)cc1OC. The molecule has 2 aromatic carbocycles. The molecule has 0 spiro atoms. The molecule has 9 heteroatoms. The van der Waals surface area contributed by atoms with Crippen molar-refractivity contribution in [3.05, 3.63) is 52.0 Å². The van der Waals surface area contributed by atoms with Crippen molar-refractivity contribution in [1.82, 2.24) is 4.83 Å². The number of nitrogens with one attached hydrogen (secondary N) is 1. The van der Waals surface area contributed by atoms with E-state index in [4.69, 9.17) is 32.7 Å². The third kappa shape index (κ3) is 5.01. The van der Waals surface area contributed by atoms with Crippen molar-refractivity contribution in [2.24, 2.45) is 5.10 Å². The van der Waals surface area contributed by atoms with Crippen LogP contribution in [0.15, 0.2) is 46.4 Å². The lowest BCUT2D eigenvalue weighted by Gasteiger charge is -2.11. The largest absolute Gasteiger partial charge is 0.493 e. The first-order valence-electron chi connectivity index (χ1n) is 7.18. The van der Waals surface area contributed by atoms with E-state index in [0.29, 0.717) is 33.7 Å². The van der Waals surface area contributed by atoms with Crippen LogP contribution in [0.3, 0.4) is 0 Å². The van der Waals surface area contributed by atoms with Crippen LogP contribution in [0.25, 0.3) is 0 Å². The van der Waals surface area contributed by atoms with Crippen LogP contribution in [0.5, 0.6) is 11.5 Å². The van der Waals surface area contributed by atoms with Crippen LogP contribution in [-0.2, 0) is 10.0 Å². The minimum absolute atomic E-state index is 0.0522. The Balaban J connectivity index is 2.19. The van der Waals surface area contributed by atoms with E-state index in [1.165, 1.54) is 37.6 Å². The van der Waals surface area contributed by atoms with E-state index in [2.05, 4.69) is 9.93 Å². The average molecular weight is 403 g/mol. The second kappa shape index (κ2) is 8.42. The van der Waals surface area contributed by atoms with Gasteiger partial charge >= 0.3 is 0 Å². The first kappa shape index (κ1) is 19.4. The van der Waals surface area contributed by atoms with Crippen molar-refractivity contribution in [2.75, 3.05) is 13.7 Å². The Kier molecular flexibility index (Phi) is 6.52. The topological polar surface area (TPSA) is 77.0 Å². The number of methoxy groups -OCH3 is 1. The predicted molar refractivity (Wildman–Crippen MR) is 98.5 cm³/mol. The van der Waals surface area contributed by atoms with Crippen LogP contribution in [0.1, 0.15) is 12.5 Å². The summed E-state index contributed by atoms with van der Waals surface area (Å²) in [4.78, 5) is 2.18. The highest BCUT2D eigenvalue weighted by Crippen LogP contribution is 2.35. The summed E-state index contributed by atoms with van der Waals surface area (Å²) in [5.74, 6) is 0.849. The van der Waals surface area contributed by atoms with Crippen molar-refractivity contribution < 1.29 is 17.9 Å². The number of ether oxygens (including phenoxy) is 2. The summed E-state index contributed by atoms with van der Waals surface area (Å²) < 4.78 is 34.9. The Morgan fingerprint density at radius 3 is 2.48 bits per heavy atom. The van der Waals surface area contributed by atoms with Gasteiger partial charge in [0.1, 0.15) is 0 Å². The van der Waals surface area contributed by atoms with Gasteiger partial charge in [0.05, 0.1) is 29.8 Å². The standard InChI is InChI=1S/C16H16Cl2N2O4S/c1-3-24-16-14(18)8-11(9-15(16)23-2)10-19-20-25(21,22)13-6-4-12(17)5-7-13/h4-10,20H,3H2,1-2H3/b19-10+. The van der Waals surface area contributed by atoms with Crippen LogP contribution in [0, 0.1) is 0 Å². The number of nitrogens with zero attached hydrogens (tertiary/aromatic N) is 1. The first-order valence-corrected chi connectivity index (χ1v) is 9.42. The normalized spacial score (nSPS) is 11.5. The van der Waals surface area contributed by atoms with E-state index in [-0.39, 0.29) is 4.90 Å². The number of benzene rings is 2. The molecule has 0 unspecified atom stereocenters. The van der Waals surface area contributed by atoms with Gasteiger partial charge in [-0.25, -0.2) is 4.83 Å². The first-order chi connectivity index (χ1) is 11.9. The second-order valence-electron chi connectivity index (χ2n) is 4.77. The molecule has 0 aliphatic carbocycles. The molecule has 0 saturated heterocycles. The molecule has 6 nitrogen and oxygen atoms in total. The van der Waals surface area contributed by atoms with Crippen molar-refractivity contribution in [1.29, 1.82) is 0 Å². The highest BCUT2D eigenvalue weighted by Gasteiger charge is 2.13. The van der Waals surface area contributed by atoms with E-state index >= 15 is 0 Å². The van der Waals surface area contributed by atoms with Crippen molar-refractivity contribution in [2.45, 2.75) is 11.8 Å². The maximum atomic E-state index is 12.1. The van der Waals surface area contributed by atoms with Gasteiger partial charge in [-0.3, -0.25) is 0 Å². The van der Waals surface area contributed by atoms with E-state index in [1.807, 2.05) is 6.92 Å². The monoisotopic (exact) mass is 402 g/mol. The third-order valence-electron chi connectivity index (χ3n) is 3.05. The molecule has 1 N–H and O–H groups in total. The number of halogens is 2. The summed E-state index contributed by atoms with van der Waals surface area (Å²) in [6.07, 6.45) is 1.32. The van der Waals surface area contributed by atoms with Crippen LogP contribution < -0.4 is 14.3 Å². The number of hydrogen-bond acceptors (Lipinski definition) is 5. The highest BCUT2D eigenvalue weighted by molar-refractivity contribution is 7.89. The molecule has 0 aromatic heterocycles. The number of hydrogen-bond donors (Lipinski definition) is 1. The van der Waals surface area contributed by atoms with Crippen LogP contribution in [0.2, 0.25) is 10.0 Å². The summed E-state index contributed by atoms with van der Waals surface area (Å²) in [5, 5.41) is 4.53. The lowest BCUT2D eigenvalue weighted by atomic mass is 10.2. The zero-order valence-corrected chi connectivity index (χ0v) is 15.8. The minimum Gasteiger partial charge on any atom is -0.493 e. The smallest absolute Gasteiger partial charge is 0.276 e. The highest BCUT2D eigenvalue weighted by atomic mass is 35.5. The number of sulfonamides is 1. The fraction of sp³-hybridized carbons (Fsp3) is 0.188. The third-order valence-corrected chi connectivity index (χ3v) is 4.82. The van der Waals surface area contributed by atoms with Gasteiger partial charge in [0.15, 0.2) is 11.5 Å². The van der Waals surface area contributed by atoms with Crippen molar-refractivity contribution in [3.63, 3.8) is 0 Å². The van der Waals surface area contributed by atoms with Gasteiger partial charge in [-0.2, -0.15) is 13.5 Å². The zero-order chi connectivity index (χ0) is 18.4. The van der Waals surface area contributed by atoms with E-state index in [0.717, 1.165) is 0 Å². The van der Waals surface area contributed by atoms with Gasteiger partial charge in [-0.1, -0.05) is 23.2 Å². The van der Waals surface area contributed by atoms with Gasteiger partial charge < -0.3 is 9.47 Å². The molecule has 0 saturated carbocycles. The molecule has 0 amide bonds. The summed E-state index contributed by atoms with van der Waals surface area (Å²) in [6.45, 7) is 2.26. The maximum Gasteiger partial charge on any atom is 0.276 e. The Morgan fingerprint density at radius 2 is 1.88 bits per heavy atom. The lowest BCUT2D eigenvalue weighted by Crippen LogP contribution is -2.18. The summed E-state index contributed by atoms with van der Waals surface area (Å²) >= 11 is 11.9. The average Bonchev–Trinajstić information content (AvgIpc) is 2.57. The van der Waals surface area contributed by atoms with Crippen LogP contribution in [0.4, 0.5) is 0 Å². The zero-order valence-electron chi connectivity index (χ0n) is 13.5. The van der Waals surface area contributed by atoms with E-state index < -0.39 is 10.0 Å². The number of hydrazone groups is 1. The Hall–Kier alpha value is -1.96. The lowest BCUT2D eigenvalue weighted by molar-refractivity contribution is 0.311. The van der Waals surface area contributed by atoms with Crippen LogP contribution >= 0.6 is 23.2 Å². The molecule has 2 rings (SSSR count). The molecule has 0 fully saturated rings. The minimum atomic E-state index is -3.79. The fourth-order valence-electron chi connectivity index (χ4n) is 1.94. The Labute approximate surface area is 156 Å². The molecular weight excluding hydrogens is 387 g/mol. The summed E-state index contributed by atoms with van der Waals surface area (Å²) in [7, 11) is -2.30. The number of rotatable bonds is 7. The van der Waals surface area contributed by atoms with Gasteiger partial charge in [-0.15, -0.1) is 0 Å². The molecule has 0 heterocycles. The Bertz CT molecular complexity index is 868. The molecule has 0 radical (unpaired) electrons. The summed E-state index contributed by atoms with van der Waals surface area (Å²) in [6, 6.07) is 8.97. The second-order valence-corrected chi connectivity index (χ2v) is 7.28. The van der Waals surface area contributed by atoms with Gasteiger partial charge in [0, 0.05) is 5.02 Å². The fourth-order valence-corrected chi connectivity index (χ4v) is 3.13. The molecular formula is C16H16Cl2N2O4S. The molecule has 0 aliphatic heterocycles. The molecule has 0 aliphatic rings. The quantitative estimate of drug-likeness (QED) is 0.565. The molecule has 134 valence electrons. The maximum absolute atomic E-state index is 12.1. The molecule has 0 atom stereocenters. The van der Waals surface area contributed by atoms with E-state index in [1.54, 1.807) is 12.1 Å². The van der Waals surface area contributed by atoms with Crippen molar-refractivity contribution >= 4 is 39.4 Å². The van der Waals surface area contributed by atoms with Crippen molar-refractivity contribution in [3.8, 4) is 11.5 Å². The van der Waals surface area contributed by atoms with Gasteiger partial charge in [0.2, 0.25) is 0 Å². The summed E-state index contributed by atoms with van der Waals surface area (Å²) in [5.41, 5.74) is 0.545. The van der Waals surface area contributed by atoms with Crippen LogP contribution in [-0.4, -0.2) is 28.3 Å². The van der Waals surface area contributed by atoms with Gasteiger partial charge in [-0.05, 0) is 48.9 Å². The molecule has 0 bridgehead atoms. The van der Waals surface area contributed by atoms with Gasteiger partial charge in [0.25, 0.3) is 10.0 Å². The predicted octanol–water partition coefficient (Wildman–Crippen LogP) is 3.71.